The van der Waals surface area contributed by atoms with Gasteiger partial charge in [-0.3, -0.25) is 0 Å². The maximum atomic E-state index is 5.71. The molecule has 0 aliphatic heterocycles. The second-order valence-corrected chi connectivity index (χ2v) is 2.70. The Bertz CT molecular complexity index is 245. The molecular weight excluding hydrogens is 135 g/mol. The number of hydrogen-bond acceptors (Lipinski definition) is 1. The molecule has 0 aliphatic carbocycles. The lowest BCUT2D eigenvalue weighted by molar-refractivity contribution is 0.415. The van der Waals surface area contributed by atoms with Gasteiger partial charge in [0, 0.05) is 0 Å². The molecule has 56 valence electrons. The first-order valence-corrected chi connectivity index (χ1v) is 3.56. The molecule has 2 radical (unpaired) electrons. The van der Waals surface area contributed by atoms with E-state index in [1.807, 2.05) is 19.9 Å². The molecule has 0 saturated heterocycles. The van der Waals surface area contributed by atoms with Gasteiger partial charge in [-0.25, -0.2) is 0 Å². The molecule has 0 spiro atoms. The summed E-state index contributed by atoms with van der Waals surface area (Å²) in [6.45, 7) is 4.00. The maximum absolute atomic E-state index is 5.71. The zero-order valence-corrected chi connectivity index (χ0v) is 7.14. The van der Waals surface area contributed by atoms with Crippen LogP contribution in [-0.4, -0.2) is 15.0 Å². The molecule has 0 bridgehead atoms. The molecule has 0 unspecified atom stereocenters. The van der Waals surface area contributed by atoms with Crippen LogP contribution in [0.2, 0.25) is 0 Å². The summed E-state index contributed by atoms with van der Waals surface area (Å²) in [5.74, 6) is 0.788. The number of methoxy groups -OCH3 is 1. The van der Waals surface area contributed by atoms with Gasteiger partial charge in [0.15, 0.2) is 0 Å². The zero-order valence-electron chi connectivity index (χ0n) is 7.14. The predicted octanol–water partition coefficient (Wildman–Crippen LogP) is 1.11. The van der Waals surface area contributed by atoms with Gasteiger partial charge in [-0.2, -0.15) is 0 Å². The van der Waals surface area contributed by atoms with Gasteiger partial charge in [0.05, 0.1) is 7.11 Å². The van der Waals surface area contributed by atoms with Crippen molar-refractivity contribution in [3.8, 4) is 5.75 Å². The van der Waals surface area contributed by atoms with E-state index in [4.69, 9.17) is 12.6 Å². The van der Waals surface area contributed by atoms with Crippen molar-refractivity contribution in [1.29, 1.82) is 0 Å². The van der Waals surface area contributed by atoms with Crippen LogP contribution >= 0.6 is 0 Å². The molecule has 0 aromatic heterocycles. The highest BCUT2D eigenvalue weighted by Crippen LogP contribution is 2.14. The van der Waals surface area contributed by atoms with Crippen molar-refractivity contribution >= 4 is 13.3 Å². The van der Waals surface area contributed by atoms with E-state index in [0.717, 1.165) is 11.3 Å². The fraction of sp³-hybridized carbons (Fsp3) is 0.333. The van der Waals surface area contributed by atoms with Crippen LogP contribution in [0, 0.1) is 13.8 Å². The van der Waals surface area contributed by atoms with E-state index in [1.54, 1.807) is 7.11 Å². The number of ether oxygens (including phenoxy) is 1. The molecule has 0 aliphatic rings. The van der Waals surface area contributed by atoms with Gasteiger partial charge in [0.2, 0.25) is 0 Å². The Labute approximate surface area is 68.8 Å². The van der Waals surface area contributed by atoms with Crippen LogP contribution in [0.15, 0.2) is 12.1 Å². The molecule has 1 nitrogen and oxygen atoms in total. The first kappa shape index (κ1) is 8.18. The molecule has 0 saturated carbocycles. The van der Waals surface area contributed by atoms with Crippen molar-refractivity contribution in [2.24, 2.45) is 0 Å². The van der Waals surface area contributed by atoms with Crippen molar-refractivity contribution in [3.05, 3.63) is 23.3 Å². The average Bonchev–Trinajstić information content (AvgIpc) is 1.85. The predicted molar refractivity (Wildman–Crippen MR) is 47.9 cm³/mol. The molecule has 0 amide bonds. The minimum atomic E-state index is 0.713. The minimum absolute atomic E-state index is 0.713. The Morgan fingerprint density at radius 3 is 2.36 bits per heavy atom. The van der Waals surface area contributed by atoms with Crippen LogP contribution in [0.1, 0.15) is 11.1 Å². The minimum Gasteiger partial charge on any atom is -0.497 e. The highest BCUT2D eigenvalue weighted by molar-refractivity contribution is 6.34. The summed E-state index contributed by atoms with van der Waals surface area (Å²) in [6, 6.07) is 3.96. The van der Waals surface area contributed by atoms with Crippen LogP contribution in [0.5, 0.6) is 5.75 Å². The second kappa shape index (κ2) is 2.99. The van der Waals surface area contributed by atoms with Crippen LogP contribution < -0.4 is 10.2 Å². The third kappa shape index (κ3) is 1.56. The van der Waals surface area contributed by atoms with Crippen molar-refractivity contribution in [3.63, 3.8) is 0 Å². The molecule has 0 N–H and O–H groups in total. The van der Waals surface area contributed by atoms with Gasteiger partial charge in [-0.15, -0.1) is 0 Å². The second-order valence-electron chi connectivity index (χ2n) is 2.70. The molecular formula is C9H11BO. The summed E-state index contributed by atoms with van der Waals surface area (Å²) in [5, 5.41) is 0. The van der Waals surface area contributed by atoms with Crippen LogP contribution in [0.25, 0.3) is 0 Å². The largest absolute Gasteiger partial charge is 0.497 e. The van der Waals surface area contributed by atoms with Crippen molar-refractivity contribution < 1.29 is 4.74 Å². The van der Waals surface area contributed by atoms with Gasteiger partial charge in [-0.1, -0.05) is 23.2 Å². The molecule has 1 aromatic carbocycles. The van der Waals surface area contributed by atoms with Gasteiger partial charge in [-0.05, 0) is 19.4 Å². The number of aryl methyl sites for hydroxylation is 2. The van der Waals surface area contributed by atoms with E-state index in [9.17, 15) is 0 Å². The number of rotatable bonds is 1. The third-order valence-corrected chi connectivity index (χ3v) is 1.65. The Morgan fingerprint density at radius 2 is 1.91 bits per heavy atom. The topological polar surface area (TPSA) is 9.23 Å². The summed E-state index contributed by atoms with van der Waals surface area (Å²) in [7, 11) is 7.34. The maximum Gasteiger partial charge on any atom is 0.119 e. The number of hydrogen-bond donors (Lipinski definition) is 0. The third-order valence-electron chi connectivity index (χ3n) is 1.65. The first-order valence-electron chi connectivity index (χ1n) is 3.56. The van der Waals surface area contributed by atoms with Crippen LogP contribution in [0.3, 0.4) is 0 Å². The van der Waals surface area contributed by atoms with E-state index in [1.165, 1.54) is 5.56 Å². The Balaban J connectivity index is 3.25. The van der Waals surface area contributed by atoms with Crippen LogP contribution in [-0.2, 0) is 0 Å². The highest BCUT2D eigenvalue weighted by Gasteiger charge is 2.01. The molecule has 0 heterocycles. The zero-order chi connectivity index (χ0) is 8.43. The Kier molecular flexibility index (Phi) is 2.23. The van der Waals surface area contributed by atoms with Crippen molar-refractivity contribution in [1.82, 2.24) is 0 Å². The van der Waals surface area contributed by atoms with Gasteiger partial charge >= 0.3 is 0 Å². The lowest BCUT2D eigenvalue weighted by atomic mass is 9.91. The van der Waals surface area contributed by atoms with Crippen molar-refractivity contribution in [2.75, 3.05) is 7.11 Å². The summed E-state index contributed by atoms with van der Waals surface area (Å²) in [4.78, 5) is 0. The van der Waals surface area contributed by atoms with Crippen LogP contribution in [0.4, 0.5) is 0 Å². The molecule has 11 heavy (non-hydrogen) atoms. The summed E-state index contributed by atoms with van der Waals surface area (Å²) >= 11 is 0. The lowest BCUT2D eigenvalue weighted by Crippen LogP contribution is -2.09. The molecule has 1 rings (SSSR count). The molecule has 0 atom stereocenters. The quantitative estimate of drug-likeness (QED) is 0.539. The Hall–Kier alpha value is -0.915. The van der Waals surface area contributed by atoms with Gasteiger partial charge in [0.25, 0.3) is 0 Å². The van der Waals surface area contributed by atoms with E-state index < -0.39 is 0 Å². The van der Waals surface area contributed by atoms with E-state index in [2.05, 4.69) is 6.07 Å². The fourth-order valence-electron chi connectivity index (χ4n) is 1.27. The summed E-state index contributed by atoms with van der Waals surface area (Å²) < 4.78 is 5.11. The van der Waals surface area contributed by atoms with Gasteiger partial charge in [0.1, 0.15) is 13.6 Å². The first-order chi connectivity index (χ1) is 5.15. The highest BCUT2D eigenvalue weighted by atomic mass is 16.5. The lowest BCUT2D eigenvalue weighted by Gasteiger charge is -2.09. The van der Waals surface area contributed by atoms with E-state index in [0.29, 0.717) is 5.46 Å². The summed E-state index contributed by atoms with van der Waals surface area (Å²) in [5.41, 5.74) is 2.97. The number of benzene rings is 1. The summed E-state index contributed by atoms with van der Waals surface area (Å²) in [6.07, 6.45) is 0. The van der Waals surface area contributed by atoms with E-state index in [-0.39, 0.29) is 0 Å². The monoisotopic (exact) mass is 146 g/mol. The fourth-order valence-corrected chi connectivity index (χ4v) is 1.27. The van der Waals surface area contributed by atoms with E-state index >= 15 is 0 Å². The standard InChI is InChI=1S/C9H11BO/c1-6-4-7(2)9(11-3)8(10)5-6/h4-5H,1-3H3. The molecule has 1 aromatic rings. The van der Waals surface area contributed by atoms with Gasteiger partial charge < -0.3 is 4.74 Å². The normalized spacial score (nSPS) is 9.73. The Morgan fingerprint density at radius 1 is 1.27 bits per heavy atom. The molecule has 2 heteroatoms. The van der Waals surface area contributed by atoms with Crippen molar-refractivity contribution in [2.45, 2.75) is 13.8 Å². The smallest absolute Gasteiger partial charge is 0.119 e. The average molecular weight is 146 g/mol. The SMILES string of the molecule is [B]c1cc(C)cc(C)c1OC. The molecule has 0 fully saturated rings.